The molecule has 0 radical (unpaired) electrons. The van der Waals surface area contributed by atoms with Crippen LogP contribution in [0.15, 0.2) is 47.4 Å². The fraction of sp³-hybridized carbons (Fsp3) is 0.448. The monoisotopic (exact) mass is 557 g/mol. The number of benzene rings is 1. The number of carbonyl (C=O) groups is 1. The Kier molecular flexibility index (Phi) is 7.04. The molecule has 1 atom stereocenters. The van der Waals surface area contributed by atoms with Crippen LogP contribution in [0.5, 0.6) is 0 Å². The number of aromatic nitrogens is 6. The number of aliphatic hydroxyl groups is 1. The lowest BCUT2D eigenvalue weighted by Gasteiger charge is -2.40. The fourth-order valence-corrected chi connectivity index (χ4v) is 5.34. The Labute approximate surface area is 238 Å². The summed E-state index contributed by atoms with van der Waals surface area (Å²) in [6.45, 7) is 7.42. The van der Waals surface area contributed by atoms with Crippen LogP contribution in [0.1, 0.15) is 73.7 Å². The summed E-state index contributed by atoms with van der Waals surface area (Å²) in [6, 6.07) is 8.20. The number of anilines is 2. The highest BCUT2D eigenvalue weighted by Gasteiger charge is 2.35. The fourth-order valence-electron chi connectivity index (χ4n) is 5.34. The minimum atomic E-state index is -0.387. The number of amides is 1. The topological polar surface area (TPSA) is 147 Å². The third-order valence-electron chi connectivity index (χ3n) is 7.71. The van der Waals surface area contributed by atoms with Gasteiger partial charge in [-0.2, -0.15) is 10.1 Å². The summed E-state index contributed by atoms with van der Waals surface area (Å²) in [4.78, 5) is 29.0. The van der Waals surface area contributed by atoms with E-state index < -0.39 is 0 Å². The number of aryl methyl sites for hydroxylation is 1. The lowest BCUT2D eigenvalue weighted by Crippen LogP contribution is -2.47. The van der Waals surface area contributed by atoms with Crippen LogP contribution in [0.25, 0.3) is 11.3 Å². The molecule has 1 aromatic carbocycles. The van der Waals surface area contributed by atoms with Crippen molar-refractivity contribution in [3.8, 4) is 11.3 Å². The second-order valence-electron chi connectivity index (χ2n) is 11.9. The molecule has 41 heavy (non-hydrogen) atoms. The van der Waals surface area contributed by atoms with Crippen LogP contribution in [0.3, 0.4) is 0 Å². The lowest BCUT2D eigenvalue weighted by molar-refractivity contribution is -0.00200. The van der Waals surface area contributed by atoms with Crippen molar-refractivity contribution in [3.05, 3.63) is 65.7 Å². The number of nitrogens with zero attached hydrogens (tertiary/aromatic N) is 7. The SMILES string of the molecule is Cn1cc(Nc2nccc(-c3ccc4c(c3)CN(C3CC(O)C3)CC[C@@H]4NC(=O)c3nc(C(C)(C)C)no3)n2)cn1. The molecule has 0 saturated heterocycles. The minimum absolute atomic E-state index is 0.0362. The molecular formula is C29H35N9O3. The Morgan fingerprint density at radius 1 is 1.17 bits per heavy atom. The largest absolute Gasteiger partial charge is 0.393 e. The highest BCUT2D eigenvalue weighted by molar-refractivity contribution is 5.89. The molecule has 4 heterocycles. The van der Waals surface area contributed by atoms with Gasteiger partial charge in [0.1, 0.15) is 0 Å². The molecule has 1 fully saturated rings. The first-order valence-corrected chi connectivity index (χ1v) is 13.9. The van der Waals surface area contributed by atoms with Gasteiger partial charge in [-0.15, -0.1) is 0 Å². The van der Waals surface area contributed by atoms with Gasteiger partial charge in [0.15, 0.2) is 5.82 Å². The van der Waals surface area contributed by atoms with Crippen molar-refractivity contribution in [1.29, 1.82) is 0 Å². The Morgan fingerprint density at radius 3 is 2.71 bits per heavy atom. The summed E-state index contributed by atoms with van der Waals surface area (Å²) in [6.07, 6.45) is 7.31. The van der Waals surface area contributed by atoms with E-state index in [1.54, 1.807) is 17.1 Å². The highest BCUT2D eigenvalue weighted by Crippen LogP contribution is 2.35. The van der Waals surface area contributed by atoms with Gasteiger partial charge in [-0.1, -0.05) is 38.1 Å². The minimum Gasteiger partial charge on any atom is -0.393 e. The highest BCUT2D eigenvalue weighted by atomic mass is 16.5. The van der Waals surface area contributed by atoms with E-state index in [-0.39, 0.29) is 29.4 Å². The second-order valence-corrected chi connectivity index (χ2v) is 11.9. The molecule has 1 aliphatic carbocycles. The van der Waals surface area contributed by atoms with Crippen LogP contribution < -0.4 is 10.6 Å². The predicted molar refractivity (Wildman–Crippen MR) is 151 cm³/mol. The zero-order chi connectivity index (χ0) is 28.7. The number of aliphatic hydroxyl groups excluding tert-OH is 1. The molecule has 0 unspecified atom stereocenters. The van der Waals surface area contributed by atoms with Gasteiger partial charge in [-0.3, -0.25) is 14.4 Å². The first-order valence-electron chi connectivity index (χ1n) is 13.9. The molecule has 0 spiro atoms. The van der Waals surface area contributed by atoms with Crippen molar-refractivity contribution < 1.29 is 14.4 Å². The number of hydrogen-bond acceptors (Lipinski definition) is 10. The molecular weight excluding hydrogens is 522 g/mol. The quantitative estimate of drug-likeness (QED) is 0.322. The zero-order valence-electron chi connectivity index (χ0n) is 23.7. The van der Waals surface area contributed by atoms with Gasteiger partial charge < -0.3 is 20.3 Å². The molecule has 12 nitrogen and oxygen atoms in total. The summed E-state index contributed by atoms with van der Waals surface area (Å²) < 4.78 is 7.02. The van der Waals surface area contributed by atoms with Gasteiger partial charge in [0.05, 0.1) is 29.7 Å². The van der Waals surface area contributed by atoms with E-state index in [0.717, 1.165) is 53.9 Å². The molecule has 3 N–H and O–H groups in total. The van der Waals surface area contributed by atoms with E-state index in [2.05, 4.69) is 47.9 Å². The summed E-state index contributed by atoms with van der Waals surface area (Å²) in [5.41, 5.74) is 4.36. The molecule has 214 valence electrons. The van der Waals surface area contributed by atoms with Crippen molar-refractivity contribution >= 4 is 17.5 Å². The summed E-state index contributed by atoms with van der Waals surface area (Å²) >= 11 is 0. The van der Waals surface area contributed by atoms with Gasteiger partial charge in [0.2, 0.25) is 5.95 Å². The predicted octanol–water partition coefficient (Wildman–Crippen LogP) is 3.50. The summed E-state index contributed by atoms with van der Waals surface area (Å²) in [7, 11) is 1.85. The molecule has 3 aromatic heterocycles. The molecule has 12 heteroatoms. The maximum Gasteiger partial charge on any atom is 0.315 e. The van der Waals surface area contributed by atoms with Gasteiger partial charge in [-0.05, 0) is 42.5 Å². The Bertz CT molecular complexity index is 1550. The summed E-state index contributed by atoms with van der Waals surface area (Å²) in [5, 5.41) is 24.5. The van der Waals surface area contributed by atoms with E-state index in [1.165, 1.54) is 0 Å². The van der Waals surface area contributed by atoms with Crippen LogP contribution in [0.2, 0.25) is 0 Å². The van der Waals surface area contributed by atoms with Gasteiger partial charge >= 0.3 is 11.8 Å². The van der Waals surface area contributed by atoms with E-state index in [9.17, 15) is 9.90 Å². The lowest BCUT2D eigenvalue weighted by atomic mass is 9.88. The van der Waals surface area contributed by atoms with E-state index in [0.29, 0.717) is 24.4 Å². The van der Waals surface area contributed by atoms with Gasteiger partial charge in [0.25, 0.3) is 0 Å². The van der Waals surface area contributed by atoms with Crippen LogP contribution >= 0.6 is 0 Å². The molecule has 0 bridgehead atoms. The Morgan fingerprint density at radius 2 is 2.00 bits per heavy atom. The number of carbonyl (C=O) groups excluding carboxylic acids is 1. The molecule has 1 saturated carbocycles. The van der Waals surface area contributed by atoms with Crippen molar-refractivity contribution in [2.24, 2.45) is 7.05 Å². The smallest absolute Gasteiger partial charge is 0.315 e. The molecule has 1 amide bonds. The maximum atomic E-state index is 13.2. The van der Waals surface area contributed by atoms with Crippen molar-refractivity contribution in [1.82, 2.24) is 40.1 Å². The number of rotatable bonds is 6. The van der Waals surface area contributed by atoms with Gasteiger partial charge in [0, 0.05) is 49.6 Å². The van der Waals surface area contributed by atoms with Crippen molar-refractivity contribution in [3.63, 3.8) is 0 Å². The Hall–Kier alpha value is -4.16. The van der Waals surface area contributed by atoms with Crippen LogP contribution in [0.4, 0.5) is 11.6 Å². The van der Waals surface area contributed by atoms with Crippen LogP contribution in [0, 0.1) is 0 Å². The zero-order valence-corrected chi connectivity index (χ0v) is 23.7. The molecule has 2 aliphatic rings. The number of fused-ring (bicyclic) bond motifs is 1. The normalized spacial score (nSPS) is 21.0. The number of hydrogen-bond donors (Lipinski definition) is 3. The van der Waals surface area contributed by atoms with Crippen molar-refractivity contribution in [2.75, 3.05) is 11.9 Å². The Balaban J connectivity index is 1.28. The first kappa shape index (κ1) is 27.0. The van der Waals surface area contributed by atoms with Crippen molar-refractivity contribution in [2.45, 2.75) is 70.2 Å². The van der Waals surface area contributed by atoms with Crippen LogP contribution in [-0.2, 0) is 19.0 Å². The number of nitrogens with one attached hydrogen (secondary N) is 2. The average molecular weight is 558 g/mol. The third-order valence-corrected chi connectivity index (χ3v) is 7.71. The third kappa shape index (κ3) is 5.84. The average Bonchev–Trinajstić information content (AvgIpc) is 3.54. The van der Waals surface area contributed by atoms with E-state index in [1.807, 2.05) is 46.1 Å². The van der Waals surface area contributed by atoms with E-state index >= 15 is 0 Å². The van der Waals surface area contributed by atoms with E-state index in [4.69, 9.17) is 9.51 Å². The molecule has 4 aromatic rings. The van der Waals surface area contributed by atoms with Gasteiger partial charge in [-0.25, -0.2) is 9.97 Å². The second kappa shape index (κ2) is 10.7. The maximum absolute atomic E-state index is 13.2. The van der Waals surface area contributed by atoms with Crippen LogP contribution in [-0.4, -0.2) is 64.5 Å². The summed E-state index contributed by atoms with van der Waals surface area (Å²) in [5.74, 6) is 0.550. The standard InChI is InChI=1S/C29H35N9O3/c1-29(2,3)27-35-26(41-36-27)25(40)33-24-8-10-38(20-12-21(39)13-20)15-18-11-17(5-6-22(18)24)23-7-9-30-28(34-23)32-19-14-31-37(4)16-19/h5-7,9,11,14,16,20-21,24,39H,8,10,12-13,15H2,1-4H3,(H,33,40)(H,30,32,34)/t20?,21?,24-/m0/s1. The molecule has 1 aliphatic heterocycles. The first-order chi connectivity index (χ1) is 19.6. The molecule has 6 rings (SSSR count).